The molecule has 0 radical (unpaired) electrons. The molecule has 1 aromatic heterocycles. The number of carbonyl (C=O) groups is 1. The van der Waals surface area contributed by atoms with Gasteiger partial charge in [0.2, 0.25) is 10.0 Å². The smallest absolute Gasteiger partial charge is 0.252 e. The highest BCUT2D eigenvalue weighted by Gasteiger charge is 2.19. The summed E-state index contributed by atoms with van der Waals surface area (Å²) >= 11 is 6.12. The first-order valence-corrected chi connectivity index (χ1v) is 10.8. The van der Waals surface area contributed by atoms with Crippen LogP contribution in [-0.2, 0) is 16.4 Å². The Kier molecular flexibility index (Phi) is 6.07. The third-order valence-electron chi connectivity index (χ3n) is 4.24. The molecule has 148 valence electrons. The number of benzene rings is 2. The van der Waals surface area contributed by atoms with Crippen LogP contribution in [0.15, 0.2) is 53.6 Å². The molecule has 6 nitrogen and oxygen atoms in total. The van der Waals surface area contributed by atoms with Crippen molar-refractivity contribution in [3.63, 3.8) is 0 Å². The molecule has 0 spiro atoms. The molecular weight excluding hydrogens is 398 g/mol. The van der Waals surface area contributed by atoms with Gasteiger partial charge in [0.1, 0.15) is 0 Å². The molecule has 0 saturated carbocycles. The van der Waals surface area contributed by atoms with Crippen molar-refractivity contribution in [1.82, 2.24) is 15.0 Å². The first-order valence-electron chi connectivity index (χ1n) is 8.93. The number of para-hydroxylation sites is 1. The van der Waals surface area contributed by atoms with Crippen molar-refractivity contribution in [3.8, 4) is 0 Å². The maximum Gasteiger partial charge on any atom is 0.252 e. The Balaban J connectivity index is 1.71. The van der Waals surface area contributed by atoms with E-state index < -0.39 is 15.9 Å². The van der Waals surface area contributed by atoms with Crippen molar-refractivity contribution in [2.24, 2.45) is 0 Å². The molecule has 0 atom stereocenters. The van der Waals surface area contributed by atoms with Gasteiger partial charge in [-0.25, -0.2) is 13.1 Å². The molecule has 0 aliphatic rings. The lowest BCUT2D eigenvalue weighted by atomic mass is 10.1. The quantitative estimate of drug-likeness (QED) is 0.547. The van der Waals surface area contributed by atoms with E-state index in [1.807, 2.05) is 30.5 Å². The number of aromatic amines is 1. The van der Waals surface area contributed by atoms with Crippen LogP contribution in [0.4, 0.5) is 0 Å². The average Bonchev–Trinajstić information content (AvgIpc) is 3.04. The average molecular weight is 420 g/mol. The van der Waals surface area contributed by atoms with Crippen molar-refractivity contribution >= 4 is 38.4 Å². The molecule has 0 fully saturated rings. The summed E-state index contributed by atoms with van der Waals surface area (Å²) in [6.45, 7) is 3.86. The van der Waals surface area contributed by atoms with Crippen molar-refractivity contribution in [1.29, 1.82) is 0 Å². The van der Waals surface area contributed by atoms with Gasteiger partial charge < -0.3 is 10.3 Å². The number of amides is 1. The van der Waals surface area contributed by atoms with E-state index >= 15 is 0 Å². The Hall–Kier alpha value is -2.35. The van der Waals surface area contributed by atoms with Gasteiger partial charge >= 0.3 is 0 Å². The maximum atomic E-state index is 12.5. The van der Waals surface area contributed by atoms with E-state index in [-0.39, 0.29) is 21.5 Å². The normalized spacial score (nSPS) is 11.9. The van der Waals surface area contributed by atoms with Gasteiger partial charge in [0.25, 0.3) is 5.91 Å². The van der Waals surface area contributed by atoms with Crippen LogP contribution in [0, 0.1) is 0 Å². The largest absolute Gasteiger partial charge is 0.361 e. The van der Waals surface area contributed by atoms with Crippen LogP contribution in [0.1, 0.15) is 29.8 Å². The van der Waals surface area contributed by atoms with Gasteiger partial charge in [-0.3, -0.25) is 4.79 Å². The number of sulfonamides is 1. The first kappa shape index (κ1) is 20.4. The fourth-order valence-electron chi connectivity index (χ4n) is 2.97. The number of hydrogen-bond acceptors (Lipinski definition) is 3. The summed E-state index contributed by atoms with van der Waals surface area (Å²) in [6.07, 6.45) is 2.56. The molecule has 28 heavy (non-hydrogen) atoms. The Labute approximate surface area is 169 Å². The zero-order valence-electron chi connectivity index (χ0n) is 15.6. The molecule has 1 heterocycles. The summed E-state index contributed by atoms with van der Waals surface area (Å²) in [4.78, 5) is 15.7. The van der Waals surface area contributed by atoms with Gasteiger partial charge in [-0.05, 0) is 50.1 Å². The van der Waals surface area contributed by atoms with Gasteiger partial charge in [0.05, 0.1) is 15.5 Å². The molecule has 0 aliphatic carbocycles. The maximum absolute atomic E-state index is 12.5. The predicted molar refractivity (Wildman–Crippen MR) is 111 cm³/mol. The number of nitrogens with one attached hydrogen (secondary N) is 3. The fourth-order valence-corrected chi connectivity index (χ4v) is 4.45. The van der Waals surface area contributed by atoms with Crippen LogP contribution in [0.5, 0.6) is 0 Å². The molecule has 1 amide bonds. The van der Waals surface area contributed by atoms with Crippen molar-refractivity contribution < 1.29 is 13.2 Å². The van der Waals surface area contributed by atoms with Crippen molar-refractivity contribution in [2.75, 3.05) is 6.54 Å². The summed E-state index contributed by atoms with van der Waals surface area (Å²) in [7, 11) is -3.71. The number of aromatic nitrogens is 1. The first-order chi connectivity index (χ1) is 13.3. The molecule has 3 N–H and O–H groups in total. The highest BCUT2D eigenvalue weighted by atomic mass is 35.5. The van der Waals surface area contributed by atoms with Crippen LogP contribution in [-0.4, -0.2) is 31.9 Å². The van der Waals surface area contributed by atoms with Crippen LogP contribution < -0.4 is 10.0 Å². The summed E-state index contributed by atoms with van der Waals surface area (Å²) < 4.78 is 27.2. The third kappa shape index (κ3) is 4.55. The molecule has 0 unspecified atom stereocenters. The second-order valence-corrected chi connectivity index (χ2v) is 8.90. The number of carbonyl (C=O) groups excluding carboxylic acids is 1. The lowest BCUT2D eigenvalue weighted by Gasteiger charge is -2.12. The van der Waals surface area contributed by atoms with E-state index in [2.05, 4.69) is 15.0 Å². The second kappa shape index (κ2) is 8.34. The molecule has 0 saturated heterocycles. The Morgan fingerprint density at radius 2 is 1.93 bits per heavy atom. The summed E-state index contributed by atoms with van der Waals surface area (Å²) in [6, 6.07) is 11.8. The zero-order chi connectivity index (χ0) is 20.3. The summed E-state index contributed by atoms with van der Waals surface area (Å²) in [5.74, 6) is -0.411. The van der Waals surface area contributed by atoms with E-state index in [1.165, 1.54) is 18.2 Å². The Morgan fingerprint density at radius 1 is 1.18 bits per heavy atom. The zero-order valence-corrected chi connectivity index (χ0v) is 17.2. The molecule has 2 aromatic carbocycles. The van der Waals surface area contributed by atoms with Gasteiger partial charge in [-0.15, -0.1) is 0 Å². The lowest BCUT2D eigenvalue weighted by molar-refractivity contribution is 0.0954. The summed E-state index contributed by atoms with van der Waals surface area (Å²) in [5, 5.41) is 4.13. The summed E-state index contributed by atoms with van der Waals surface area (Å²) in [5.41, 5.74) is 2.27. The minimum absolute atomic E-state index is 0.00683. The molecule has 8 heteroatoms. The minimum atomic E-state index is -3.71. The number of fused-ring (bicyclic) bond motifs is 1. The number of halogens is 1. The SMILES string of the molecule is CC(C)NS(=O)(=O)c1ccc(Cl)c(C(=O)NCCc2c[nH]c3ccccc23)c1. The van der Waals surface area contributed by atoms with E-state index in [9.17, 15) is 13.2 Å². The second-order valence-electron chi connectivity index (χ2n) is 6.78. The molecule has 0 bridgehead atoms. The van der Waals surface area contributed by atoms with Gasteiger partial charge in [0, 0.05) is 29.7 Å². The van der Waals surface area contributed by atoms with Crippen molar-refractivity contribution in [3.05, 3.63) is 64.8 Å². The number of H-pyrrole nitrogens is 1. The topological polar surface area (TPSA) is 91.1 Å². The molecule has 0 aliphatic heterocycles. The molecule has 3 aromatic rings. The van der Waals surface area contributed by atoms with Gasteiger partial charge in [-0.2, -0.15) is 0 Å². The third-order valence-corrected chi connectivity index (χ3v) is 6.22. The lowest BCUT2D eigenvalue weighted by Crippen LogP contribution is -2.31. The van der Waals surface area contributed by atoms with Crippen LogP contribution in [0.25, 0.3) is 10.9 Å². The Bertz CT molecular complexity index is 1110. The molecular formula is C20H22ClN3O3S. The van der Waals surface area contributed by atoms with Crippen LogP contribution >= 0.6 is 11.6 Å². The van der Waals surface area contributed by atoms with Crippen LogP contribution in [0.3, 0.4) is 0 Å². The Morgan fingerprint density at radius 3 is 2.68 bits per heavy atom. The van der Waals surface area contributed by atoms with E-state index in [0.717, 1.165) is 16.5 Å². The minimum Gasteiger partial charge on any atom is -0.361 e. The highest BCUT2D eigenvalue weighted by molar-refractivity contribution is 7.89. The fraction of sp³-hybridized carbons (Fsp3) is 0.250. The monoisotopic (exact) mass is 419 g/mol. The standard InChI is InChI=1S/C20H22ClN3O3S/c1-13(2)24-28(26,27)15-7-8-18(21)17(11-15)20(25)22-10-9-14-12-23-19-6-4-3-5-16(14)19/h3-8,11-13,23-24H,9-10H2,1-2H3,(H,22,25). The highest BCUT2D eigenvalue weighted by Crippen LogP contribution is 2.21. The predicted octanol–water partition coefficient (Wildman–Crippen LogP) is 3.48. The van der Waals surface area contributed by atoms with E-state index in [4.69, 9.17) is 11.6 Å². The number of rotatable bonds is 7. The van der Waals surface area contributed by atoms with E-state index in [0.29, 0.717) is 13.0 Å². The van der Waals surface area contributed by atoms with Crippen molar-refractivity contribution in [2.45, 2.75) is 31.2 Å². The van der Waals surface area contributed by atoms with E-state index in [1.54, 1.807) is 13.8 Å². The molecule has 3 rings (SSSR count). The van der Waals surface area contributed by atoms with Gasteiger partial charge in [-0.1, -0.05) is 29.8 Å². The van der Waals surface area contributed by atoms with Crippen LogP contribution in [0.2, 0.25) is 5.02 Å². The number of hydrogen-bond donors (Lipinski definition) is 3. The van der Waals surface area contributed by atoms with Gasteiger partial charge in [0.15, 0.2) is 0 Å².